The van der Waals surface area contributed by atoms with Gasteiger partial charge in [0.05, 0.1) is 5.92 Å². The average molecular weight is 348 g/mol. The molecule has 2 N–H and O–H groups in total. The van der Waals surface area contributed by atoms with Crippen LogP contribution in [-0.2, 0) is 16.0 Å². The molecule has 1 saturated heterocycles. The van der Waals surface area contributed by atoms with Gasteiger partial charge in [0, 0.05) is 47.7 Å². The van der Waals surface area contributed by atoms with Crippen molar-refractivity contribution >= 4 is 34.3 Å². The maximum absolute atomic E-state index is 12.2. The van der Waals surface area contributed by atoms with Gasteiger partial charge in [-0.3, -0.25) is 9.59 Å². The molecule has 1 aromatic carbocycles. The SMILES string of the molecule is CC(C)NC(=O)C1CC(=O)N(CCc2c[nH]c3ccc(Cl)cc23)C1. The van der Waals surface area contributed by atoms with Crippen molar-refractivity contribution in [2.45, 2.75) is 32.7 Å². The lowest BCUT2D eigenvalue weighted by molar-refractivity contribution is -0.129. The van der Waals surface area contributed by atoms with E-state index in [0.29, 0.717) is 24.5 Å². The molecule has 0 bridgehead atoms. The van der Waals surface area contributed by atoms with E-state index in [0.717, 1.165) is 22.9 Å². The largest absolute Gasteiger partial charge is 0.361 e. The fourth-order valence-electron chi connectivity index (χ4n) is 3.18. The van der Waals surface area contributed by atoms with Crippen molar-refractivity contribution in [2.24, 2.45) is 5.92 Å². The number of aromatic nitrogens is 1. The molecule has 128 valence electrons. The second-order valence-electron chi connectivity index (χ2n) is 6.66. The molecule has 3 rings (SSSR count). The van der Waals surface area contributed by atoms with Crippen LogP contribution in [0.25, 0.3) is 10.9 Å². The normalized spacial score (nSPS) is 17.9. The zero-order chi connectivity index (χ0) is 17.3. The van der Waals surface area contributed by atoms with E-state index in [1.54, 1.807) is 4.90 Å². The maximum Gasteiger partial charge on any atom is 0.225 e. The Kier molecular flexibility index (Phi) is 4.81. The molecule has 2 amide bonds. The van der Waals surface area contributed by atoms with E-state index in [1.165, 1.54) is 0 Å². The van der Waals surface area contributed by atoms with Gasteiger partial charge in [-0.2, -0.15) is 0 Å². The van der Waals surface area contributed by atoms with Crippen molar-refractivity contribution in [3.8, 4) is 0 Å². The molecule has 2 heterocycles. The van der Waals surface area contributed by atoms with Gasteiger partial charge in [0.1, 0.15) is 0 Å². The van der Waals surface area contributed by atoms with Crippen LogP contribution < -0.4 is 5.32 Å². The van der Waals surface area contributed by atoms with Gasteiger partial charge < -0.3 is 15.2 Å². The first-order chi connectivity index (χ1) is 11.4. The van der Waals surface area contributed by atoms with E-state index < -0.39 is 0 Å². The van der Waals surface area contributed by atoms with Crippen molar-refractivity contribution < 1.29 is 9.59 Å². The summed E-state index contributed by atoms with van der Waals surface area (Å²) in [6, 6.07) is 5.84. The molecule has 1 aliphatic heterocycles. The number of nitrogens with one attached hydrogen (secondary N) is 2. The van der Waals surface area contributed by atoms with Crippen LogP contribution in [0.4, 0.5) is 0 Å². The topological polar surface area (TPSA) is 65.2 Å². The molecule has 1 atom stereocenters. The first-order valence-electron chi connectivity index (χ1n) is 8.27. The van der Waals surface area contributed by atoms with Crippen LogP contribution in [0.3, 0.4) is 0 Å². The molecule has 1 aromatic heterocycles. The third-order valence-electron chi connectivity index (χ3n) is 4.40. The molecule has 1 aliphatic rings. The summed E-state index contributed by atoms with van der Waals surface area (Å²) in [4.78, 5) is 29.3. The van der Waals surface area contributed by atoms with Crippen LogP contribution in [0.15, 0.2) is 24.4 Å². The third kappa shape index (κ3) is 3.56. The monoisotopic (exact) mass is 347 g/mol. The quantitative estimate of drug-likeness (QED) is 0.873. The van der Waals surface area contributed by atoms with Gasteiger partial charge in [-0.1, -0.05) is 11.6 Å². The summed E-state index contributed by atoms with van der Waals surface area (Å²) >= 11 is 6.07. The lowest BCUT2D eigenvalue weighted by atomic mass is 10.1. The number of aromatic amines is 1. The lowest BCUT2D eigenvalue weighted by Gasteiger charge is -2.17. The summed E-state index contributed by atoms with van der Waals surface area (Å²) in [7, 11) is 0. The number of amides is 2. The molecule has 24 heavy (non-hydrogen) atoms. The number of carbonyl (C=O) groups is 2. The molecule has 0 saturated carbocycles. The van der Waals surface area contributed by atoms with Crippen LogP contribution in [0.2, 0.25) is 5.02 Å². The predicted octanol–water partition coefficient (Wildman–Crippen LogP) is 2.74. The molecular formula is C18H22ClN3O2. The molecule has 1 fully saturated rings. The van der Waals surface area contributed by atoms with Gasteiger partial charge in [0.25, 0.3) is 0 Å². The average Bonchev–Trinajstić information content (AvgIpc) is 3.08. The fourth-order valence-corrected chi connectivity index (χ4v) is 3.35. The summed E-state index contributed by atoms with van der Waals surface area (Å²) < 4.78 is 0. The first kappa shape index (κ1) is 16.8. The number of halogens is 1. The lowest BCUT2D eigenvalue weighted by Crippen LogP contribution is -2.37. The number of carbonyl (C=O) groups excluding carboxylic acids is 2. The minimum Gasteiger partial charge on any atom is -0.361 e. The van der Waals surface area contributed by atoms with Gasteiger partial charge in [0.2, 0.25) is 11.8 Å². The molecule has 1 unspecified atom stereocenters. The van der Waals surface area contributed by atoms with Crippen molar-refractivity contribution in [2.75, 3.05) is 13.1 Å². The number of hydrogen-bond acceptors (Lipinski definition) is 2. The van der Waals surface area contributed by atoms with E-state index in [4.69, 9.17) is 11.6 Å². The molecule has 6 heteroatoms. The second-order valence-corrected chi connectivity index (χ2v) is 7.09. The maximum atomic E-state index is 12.2. The second kappa shape index (κ2) is 6.85. The highest BCUT2D eigenvalue weighted by Gasteiger charge is 2.34. The van der Waals surface area contributed by atoms with E-state index in [-0.39, 0.29) is 23.8 Å². The highest BCUT2D eigenvalue weighted by Crippen LogP contribution is 2.24. The summed E-state index contributed by atoms with van der Waals surface area (Å²) in [5, 5.41) is 4.67. The van der Waals surface area contributed by atoms with Crippen LogP contribution in [0.1, 0.15) is 25.8 Å². The summed E-state index contributed by atoms with van der Waals surface area (Å²) in [5.74, 6) is -0.214. The van der Waals surface area contributed by atoms with Crippen molar-refractivity contribution in [1.29, 1.82) is 0 Å². The summed E-state index contributed by atoms with van der Waals surface area (Å²) in [6.45, 7) is 4.97. The highest BCUT2D eigenvalue weighted by molar-refractivity contribution is 6.31. The minimum atomic E-state index is -0.239. The Labute approximate surface area is 146 Å². The van der Waals surface area contributed by atoms with Gasteiger partial charge in [0.15, 0.2) is 0 Å². The zero-order valence-corrected chi connectivity index (χ0v) is 14.7. The summed E-state index contributed by atoms with van der Waals surface area (Å²) in [6.07, 6.45) is 3.01. The van der Waals surface area contributed by atoms with Gasteiger partial charge >= 0.3 is 0 Å². The number of benzene rings is 1. The number of H-pyrrole nitrogens is 1. The molecule has 0 spiro atoms. The first-order valence-corrected chi connectivity index (χ1v) is 8.65. The van der Waals surface area contributed by atoms with Crippen LogP contribution in [0, 0.1) is 5.92 Å². The Morgan fingerprint density at radius 1 is 1.46 bits per heavy atom. The Balaban J connectivity index is 1.63. The standard InChI is InChI=1S/C18H22ClN3O2/c1-11(2)21-18(24)13-7-17(23)22(10-13)6-5-12-9-20-16-4-3-14(19)8-15(12)16/h3-4,8-9,11,13,20H,5-7,10H2,1-2H3,(H,21,24). The smallest absolute Gasteiger partial charge is 0.225 e. The van der Waals surface area contributed by atoms with Gasteiger partial charge in [-0.05, 0) is 44.0 Å². The molecule has 0 aliphatic carbocycles. The zero-order valence-electron chi connectivity index (χ0n) is 13.9. The van der Waals surface area contributed by atoms with E-state index in [1.807, 2.05) is 38.2 Å². The van der Waals surface area contributed by atoms with Gasteiger partial charge in [-0.15, -0.1) is 0 Å². The Morgan fingerprint density at radius 2 is 2.25 bits per heavy atom. The molecule has 0 radical (unpaired) electrons. The highest BCUT2D eigenvalue weighted by atomic mass is 35.5. The Bertz CT molecular complexity index is 769. The van der Waals surface area contributed by atoms with Crippen LogP contribution in [0.5, 0.6) is 0 Å². The van der Waals surface area contributed by atoms with E-state index in [2.05, 4.69) is 10.3 Å². The predicted molar refractivity (Wildman–Crippen MR) is 95.0 cm³/mol. The third-order valence-corrected chi connectivity index (χ3v) is 4.63. The Hall–Kier alpha value is -2.01. The molecular weight excluding hydrogens is 326 g/mol. The van der Waals surface area contributed by atoms with E-state index >= 15 is 0 Å². The molecule has 2 aromatic rings. The number of hydrogen-bond donors (Lipinski definition) is 2. The minimum absolute atomic E-state index is 0.0280. The fraction of sp³-hybridized carbons (Fsp3) is 0.444. The van der Waals surface area contributed by atoms with Crippen molar-refractivity contribution in [3.05, 3.63) is 35.0 Å². The van der Waals surface area contributed by atoms with E-state index in [9.17, 15) is 9.59 Å². The van der Waals surface area contributed by atoms with Crippen molar-refractivity contribution in [1.82, 2.24) is 15.2 Å². The number of likely N-dealkylation sites (tertiary alicyclic amines) is 1. The molecule has 5 nitrogen and oxygen atoms in total. The number of nitrogens with zero attached hydrogens (tertiary/aromatic N) is 1. The van der Waals surface area contributed by atoms with Crippen LogP contribution >= 0.6 is 11.6 Å². The summed E-state index contributed by atoms with van der Waals surface area (Å²) in [5.41, 5.74) is 2.17. The number of fused-ring (bicyclic) bond motifs is 1. The van der Waals surface area contributed by atoms with Crippen molar-refractivity contribution in [3.63, 3.8) is 0 Å². The Morgan fingerprint density at radius 3 is 3.00 bits per heavy atom. The van der Waals surface area contributed by atoms with Crippen LogP contribution in [-0.4, -0.2) is 40.8 Å². The van der Waals surface area contributed by atoms with Gasteiger partial charge in [-0.25, -0.2) is 0 Å². The number of rotatable bonds is 5.